The van der Waals surface area contributed by atoms with Crippen molar-refractivity contribution in [2.24, 2.45) is 5.92 Å². The van der Waals surface area contributed by atoms with E-state index >= 15 is 0 Å². The molecule has 0 amide bonds. The lowest BCUT2D eigenvalue weighted by atomic mass is 9.59. The average Bonchev–Trinajstić information content (AvgIpc) is 2.36. The molecule has 4 fully saturated rings. The van der Waals surface area contributed by atoms with Gasteiger partial charge >= 0.3 is 0 Å². The highest BCUT2D eigenvalue weighted by Gasteiger charge is 2.76. The molecule has 5 nitrogen and oxygen atoms in total. The number of fused-ring (bicyclic) bond motifs is 1. The van der Waals surface area contributed by atoms with Crippen molar-refractivity contribution in [2.45, 2.75) is 69.9 Å². The molecule has 5 atom stereocenters. The van der Waals surface area contributed by atoms with Crippen molar-refractivity contribution in [3.63, 3.8) is 0 Å². The number of hydrogen-bond donors (Lipinski definition) is 1. The van der Waals surface area contributed by atoms with Crippen molar-refractivity contribution in [1.29, 1.82) is 0 Å². The van der Waals surface area contributed by atoms with Crippen LogP contribution in [0.2, 0.25) is 0 Å². The van der Waals surface area contributed by atoms with Crippen LogP contribution in [0.5, 0.6) is 0 Å². The largest absolute Gasteiger partial charge is 0.364 e. The predicted molar refractivity (Wildman–Crippen MR) is 84.4 cm³/mol. The van der Waals surface area contributed by atoms with E-state index in [2.05, 4.69) is 13.0 Å². The van der Waals surface area contributed by atoms with Crippen LogP contribution in [0.25, 0.3) is 0 Å². The molecule has 128 valence electrons. The topological polar surface area (TPSA) is 65.0 Å². The maximum Gasteiger partial charge on any atom is 0.187 e. The van der Waals surface area contributed by atoms with Crippen molar-refractivity contribution in [2.75, 3.05) is 0 Å². The van der Waals surface area contributed by atoms with Gasteiger partial charge in [-0.2, -0.15) is 0 Å². The number of ether oxygens (including phenoxy) is 3. The number of ketones is 1. The third-order valence-electron chi connectivity index (χ3n) is 6.15. The fraction of sp³-hybridized carbons (Fsp3) is 0.632. The smallest absolute Gasteiger partial charge is 0.187 e. The van der Waals surface area contributed by atoms with E-state index in [1.54, 1.807) is 0 Å². The van der Waals surface area contributed by atoms with Crippen LogP contribution in [0.1, 0.15) is 53.7 Å². The number of rotatable bonds is 0. The first kappa shape index (κ1) is 15.0. The van der Waals surface area contributed by atoms with E-state index in [0.29, 0.717) is 18.4 Å². The van der Waals surface area contributed by atoms with Crippen LogP contribution in [0.3, 0.4) is 0 Å². The lowest BCUT2D eigenvalue weighted by molar-refractivity contribution is -0.557. The Morgan fingerprint density at radius 2 is 1.71 bits per heavy atom. The predicted octanol–water partition coefficient (Wildman–Crippen LogP) is 2.39. The lowest BCUT2D eigenvalue weighted by Crippen LogP contribution is -2.81. The lowest BCUT2D eigenvalue weighted by Gasteiger charge is -2.69. The molecular weight excluding hydrogens is 308 g/mol. The quantitative estimate of drug-likeness (QED) is 0.791. The molecule has 4 bridgehead atoms. The maximum absolute atomic E-state index is 13.3. The number of carbonyl (C=O) groups is 1. The van der Waals surface area contributed by atoms with Gasteiger partial charge in [-0.05, 0) is 50.5 Å². The molecule has 5 aliphatic rings. The van der Waals surface area contributed by atoms with Crippen LogP contribution in [0, 0.1) is 19.8 Å². The fourth-order valence-electron chi connectivity index (χ4n) is 5.63. The molecule has 4 heterocycles. The van der Waals surface area contributed by atoms with E-state index in [0.717, 1.165) is 16.7 Å². The molecule has 24 heavy (non-hydrogen) atoms. The first-order valence-corrected chi connectivity index (χ1v) is 8.54. The van der Waals surface area contributed by atoms with Gasteiger partial charge in [0, 0.05) is 18.4 Å². The first-order chi connectivity index (χ1) is 11.1. The highest BCUT2D eigenvalue weighted by Crippen LogP contribution is 2.63. The van der Waals surface area contributed by atoms with Crippen molar-refractivity contribution in [1.82, 2.24) is 0 Å². The molecule has 4 aliphatic heterocycles. The van der Waals surface area contributed by atoms with Gasteiger partial charge in [0.1, 0.15) is 5.92 Å². The summed E-state index contributed by atoms with van der Waals surface area (Å²) in [5.41, 5.74) is 3.17. The zero-order valence-electron chi connectivity index (χ0n) is 14.4. The van der Waals surface area contributed by atoms with Crippen LogP contribution >= 0.6 is 0 Å². The maximum atomic E-state index is 13.3. The zero-order chi connectivity index (χ0) is 17.1. The number of carbonyl (C=O) groups excluding carboxylic acids is 1. The van der Waals surface area contributed by atoms with Crippen molar-refractivity contribution < 1.29 is 24.1 Å². The van der Waals surface area contributed by atoms with Gasteiger partial charge in [-0.15, -0.1) is 0 Å². The molecule has 0 saturated carbocycles. The number of benzene rings is 1. The van der Waals surface area contributed by atoms with Crippen molar-refractivity contribution in [3.8, 4) is 0 Å². The van der Waals surface area contributed by atoms with Crippen LogP contribution < -0.4 is 0 Å². The standard InChI is InChI=1S/C19H22O5/c1-10-5-12-7-18-8-16(3)22-17(4,23-18)9-19(21,24-16)15(18)14(20)13(12)6-11(10)2/h5-6,15,21H,7-9H2,1-4H3/t15-,16+,17+,18+,19+/m0/s1. The summed E-state index contributed by atoms with van der Waals surface area (Å²) >= 11 is 0. The molecule has 1 aromatic carbocycles. The molecule has 1 aromatic rings. The Labute approximate surface area is 140 Å². The summed E-state index contributed by atoms with van der Waals surface area (Å²) in [5.74, 6) is -4.16. The Morgan fingerprint density at radius 3 is 2.42 bits per heavy atom. The van der Waals surface area contributed by atoms with Gasteiger partial charge in [0.25, 0.3) is 0 Å². The van der Waals surface area contributed by atoms with E-state index in [-0.39, 0.29) is 12.2 Å². The summed E-state index contributed by atoms with van der Waals surface area (Å²) in [6.45, 7) is 7.71. The van der Waals surface area contributed by atoms with Gasteiger partial charge in [-0.3, -0.25) is 4.79 Å². The normalized spacial score (nSPS) is 48.4. The SMILES string of the molecule is Cc1cc2c(cc1C)C(=O)[C@H]1[C@@]3(C2)C[C@]2(C)O[C@@](C)(C[C@@]1(O)O2)O3. The Balaban J connectivity index is 1.74. The minimum absolute atomic E-state index is 0.0761. The summed E-state index contributed by atoms with van der Waals surface area (Å²) in [6, 6.07) is 4.02. The molecule has 1 aliphatic carbocycles. The molecule has 5 heteroatoms. The molecule has 0 unspecified atom stereocenters. The monoisotopic (exact) mass is 330 g/mol. The van der Waals surface area contributed by atoms with Crippen LogP contribution in [-0.4, -0.2) is 33.9 Å². The van der Waals surface area contributed by atoms with Gasteiger partial charge in [-0.25, -0.2) is 0 Å². The second kappa shape index (κ2) is 3.93. The van der Waals surface area contributed by atoms with Crippen LogP contribution in [0.4, 0.5) is 0 Å². The Bertz CT molecular complexity index is 779. The van der Waals surface area contributed by atoms with Crippen LogP contribution in [0.15, 0.2) is 12.1 Å². The highest BCUT2D eigenvalue weighted by molar-refractivity contribution is 6.02. The Morgan fingerprint density at radius 1 is 1.04 bits per heavy atom. The van der Waals surface area contributed by atoms with Crippen molar-refractivity contribution in [3.05, 3.63) is 34.4 Å². The summed E-state index contributed by atoms with van der Waals surface area (Å²) in [5, 5.41) is 11.2. The van der Waals surface area contributed by atoms with Gasteiger partial charge in [-0.1, -0.05) is 6.07 Å². The summed E-state index contributed by atoms with van der Waals surface area (Å²) in [4.78, 5) is 13.3. The molecule has 6 rings (SSSR count). The Hall–Kier alpha value is -1.27. The first-order valence-electron chi connectivity index (χ1n) is 8.54. The summed E-state index contributed by atoms with van der Waals surface area (Å²) in [6.07, 6.45) is 1.19. The number of aryl methyl sites for hydroxylation is 2. The zero-order valence-corrected chi connectivity index (χ0v) is 14.4. The molecule has 1 spiro atoms. The molecule has 0 aromatic heterocycles. The molecule has 1 N–H and O–H groups in total. The van der Waals surface area contributed by atoms with E-state index in [9.17, 15) is 9.90 Å². The number of Topliss-reactive ketones (excluding diaryl/α,β-unsaturated/α-hetero) is 1. The van der Waals surface area contributed by atoms with E-state index in [1.807, 2.05) is 26.8 Å². The highest BCUT2D eigenvalue weighted by atomic mass is 16.9. The molecule has 0 radical (unpaired) electrons. The number of hydrogen-bond acceptors (Lipinski definition) is 5. The third kappa shape index (κ3) is 1.66. The Kier molecular flexibility index (Phi) is 2.46. The molecular formula is C19H22O5. The minimum atomic E-state index is -1.54. The van der Waals surface area contributed by atoms with Gasteiger partial charge in [0.15, 0.2) is 23.1 Å². The number of aliphatic hydroxyl groups is 1. The summed E-state index contributed by atoms with van der Waals surface area (Å²) in [7, 11) is 0. The van der Waals surface area contributed by atoms with E-state index in [4.69, 9.17) is 14.2 Å². The molecule has 4 saturated heterocycles. The fourth-order valence-corrected chi connectivity index (χ4v) is 5.63. The second-order valence-electron chi connectivity index (χ2n) is 8.40. The van der Waals surface area contributed by atoms with Gasteiger partial charge in [0.2, 0.25) is 0 Å². The summed E-state index contributed by atoms with van der Waals surface area (Å²) < 4.78 is 18.2. The van der Waals surface area contributed by atoms with E-state index in [1.165, 1.54) is 0 Å². The van der Waals surface area contributed by atoms with E-state index < -0.39 is 28.9 Å². The average molecular weight is 330 g/mol. The van der Waals surface area contributed by atoms with Gasteiger partial charge < -0.3 is 19.3 Å². The second-order valence-corrected chi connectivity index (χ2v) is 8.40. The minimum Gasteiger partial charge on any atom is -0.364 e. The van der Waals surface area contributed by atoms with Crippen LogP contribution in [-0.2, 0) is 20.6 Å². The third-order valence-corrected chi connectivity index (χ3v) is 6.15. The van der Waals surface area contributed by atoms with Gasteiger partial charge in [0.05, 0.1) is 12.0 Å². The van der Waals surface area contributed by atoms with Crippen molar-refractivity contribution >= 4 is 5.78 Å².